The highest BCUT2D eigenvalue weighted by atomic mass is 19.3. The number of ketones is 1. The minimum atomic E-state index is -3.15. The number of carbonyl (C=O) groups is 2. The summed E-state index contributed by atoms with van der Waals surface area (Å²) in [4.78, 5) is 24.7. The Hall–Kier alpha value is -1.86. The van der Waals surface area contributed by atoms with Crippen molar-refractivity contribution in [2.45, 2.75) is 45.1 Å². The molecule has 0 spiro atoms. The third kappa shape index (κ3) is 3.88. The first-order chi connectivity index (χ1) is 11.7. The third-order valence-electron chi connectivity index (χ3n) is 4.44. The molecule has 1 aliphatic rings. The van der Waals surface area contributed by atoms with Gasteiger partial charge in [-0.25, -0.2) is 19.2 Å². The first kappa shape index (κ1) is 19.5. The summed E-state index contributed by atoms with van der Waals surface area (Å²) in [6.45, 7) is 5.98. The van der Waals surface area contributed by atoms with Gasteiger partial charge in [0, 0.05) is 12.7 Å². The Morgan fingerprint density at radius 2 is 1.96 bits per heavy atom. The van der Waals surface area contributed by atoms with Gasteiger partial charge >= 0.3 is 0 Å². The van der Waals surface area contributed by atoms with Crippen LogP contribution in [0, 0.1) is 5.92 Å². The molecular formula is C18H25F2N3O2. The Labute approximate surface area is 146 Å². The average molecular weight is 353 g/mol. The second kappa shape index (κ2) is 7.58. The number of anilines is 1. The van der Waals surface area contributed by atoms with Gasteiger partial charge in [-0.15, -0.1) is 0 Å². The lowest BCUT2D eigenvalue weighted by molar-refractivity contribution is -0.139. The van der Waals surface area contributed by atoms with E-state index in [0.29, 0.717) is 11.6 Å². The third-order valence-corrected chi connectivity index (χ3v) is 4.44. The first-order valence-corrected chi connectivity index (χ1v) is 8.39. The molecule has 1 saturated heterocycles. The topological polar surface area (TPSA) is 61.4 Å². The number of hydrogen-bond donors (Lipinski definition) is 2. The molecule has 138 valence electrons. The molecule has 1 heterocycles. The van der Waals surface area contributed by atoms with E-state index in [1.807, 2.05) is 19.1 Å². The van der Waals surface area contributed by atoms with E-state index < -0.39 is 23.7 Å². The average Bonchev–Trinajstić information content (AvgIpc) is 2.82. The van der Waals surface area contributed by atoms with E-state index in [4.69, 9.17) is 0 Å². The highest BCUT2D eigenvalue weighted by Gasteiger charge is 2.58. The minimum Gasteiger partial charge on any atom is -0.324 e. The molecule has 2 unspecified atom stereocenters. The molecule has 1 aliphatic heterocycles. The molecule has 2 rings (SSSR count). The number of alkyl halides is 2. The molecule has 0 aliphatic carbocycles. The van der Waals surface area contributed by atoms with Gasteiger partial charge in [-0.2, -0.15) is 0 Å². The number of rotatable bonds is 6. The quantitative estimate of drug-likeness (QED) is 0.772. The van der Waals surface area contributed by atoms with Crippen LogP contribution >= 0.6 is 0 Å². The van der Waals surface area contributed by atoms with Gasteiger partial charge < -0.3 is 5.32 Å². The van der Waals surface area contributed by atoms with Crippen LogP contribution in [0.5, 0.6) is 0 Å². The van der Waals surface area contributed by atoms with E-state index in [2.05, 4.69) is 24.6 Å². The summed E-state index contributed by atoms with van der Waals surface area (Å²) >= 11 is 0. The van der Waals surface area contributed by atoms with Crippen molar-refractivity contribution < 1.29 is 18.4 Å². The highest BCUT2D eigenvalue weighted by molar-refractivity contribution is 6.17. The van der Waals surface area contributed by atoms with Crippen LogP contribution in [0.1, 0.15) is 38.7 Å². The number of likely N-dealkylation sites (N-methyl/N-ethyl adjacent to an activating group) is 1. The Bertz CT molecular complexity index is 651. The second-order valence-electron chi connectivity index (χ2n) is 7.07. The lowest BCUT2D eigenvalue weighted by atomic mass is 9.90. The smallest absolute Gasteiger partial charge is 0.273 e. The van der Waals surface area contributed by atoms with Crippen LogP contribution in [0.3, 0.4) is 0 Å². The van der Waals surface area contributed by atoms with Gasteiger partial charge in [0.2, 0.25) is 5.54 Å². The molecular weight excluding hydrogens is 328 g/mol. The fraction of sp³-hybridized carbons (Fsp3) is 0.556. The van der Waals surface area contributed by atoms with Crippen molar-refractivity contribution in [2.24, 2.45) is 5.92 Å². The number of halogens is 2. The number of hydrazine groups is 1. The summed E-state index contributed by atoms with van der Waals surface area (Å²) in [6, 6.07) is 7.11. The fourth-order valence-corrected chi connectivity index (χ4v) is 3.29. The molecule has 2 atom stereocenters. The van der Waals surface area contributed by atoms with Crippen molar-refractivity contribution >= 4 is 17.4 Å². The maximum atomic E-state index is 13.6. The standard InChI is InChI=1S/C18H25F2N3O2/c1-11(2)9-12(3)13-7-5-6-8-14(13)21-17(25)18(16(19)20)15(24)10-23(4)22-18/h5-8,11-12,16,22H,9-10H2,1-4H3,(H,21,25). The van der Waals surface area contributed by atoms with E-state index in [0.717, 1.165) is 12.0 Å². The molecule has 0 radical (unpaired) electrons. The van der Waals surface area contributed by atoms with Crippen LogP contribution in [0.2, 0.25) is 0 Å². The Morgan fingerprint density at radius 1 is 1.32 bits per heavy atom. The second-order valence-corrected chi connectivity index (χ2v) is 7.07. The van der Waals surface area contributed by atoms with E-state index in [1.54, 1.807) is 12.1 Å². The predicted octanol–water partition coefficient (Wildman–Crippen LogP) is 2.80. The van der Waals surface area contributed by atoms with Crippen molar-refractivity contribution in [3.8, 4) is 0 Å². The fourth-order valence-electron chi connectivity index (χ4n) is 3.29. The largest absolute Gasteiger partial charge is 0.324 e. The first-order valence-electron chi connectivity index (χ1n) is 8.39. The van der Waals surface area contributed by atoms with Gasteiger partial charge in [-0.1, -0.05) is 39.0 Å². The molecule has 25 heavy (non-hydrogen) atoms. The zero-order chi connectivity index (χ0) is 18.8. The predicted molar refractivity (Wildman–Crippen MR) is 92.4 cm³/mol. The number of nitrogens with zero attached hydrogens (tertiary/aromatic N) is 1. The molecule has 5 nitrogen and oxygen atoms in total. The van der Waals surface area contributed by atoms with Crippen LogP contribution in [0.25, 0.3) is 0 Å². The lowest BCUT2D eigenvalue weighted by Gasteiger charge is -2.27. The number of Topliss-reactive ketones (excluding diaryl/α,β-unsaturated/α-hetero) is 1. The number of amides is 1. The van der Waals surface area contributed by atoms with Crippen LogP contribution in [0.4, 0.5) is 14.5 Å². The zero-order valence-corrected chi connectivity index (χ0v) is 15.0. The van der Waals surface area contributed by atoms with Crippen molar-refractivity contribution in [2.75, 3.05) is 18.9 Å². The van der Waals surface area contributed by atoms with Crippen LogP contribution in [-0.2, 0) is 9.59 Å². The number of nitrogens with one attached hydrogen (secondary N) is 2. The Kier molecular flexibility index (Phi) is 5.90. The monoisotopic (exact) mass is 353 g/mol. The summed E-state index contributed by atoms with van der Waals surface area (Å²) in [5.41, 5.74) is 1.13. The Balaban J connectivity index is 2.30. The molecule has 0 saturated carbocycles. The number of benzene rings is 1. The van der Waals surface area contributed by atoms with Gasteiger partial charge in [-0.05, 0) is 29.9 Å². The van der Waals surface area contributed by atoms with Gasteiger partial charge in [0.1, 0.15) is 0 Å². The SMILES string of the molecule is CC(C)CC(C)c1ccccc1NC(=O)C1(C(F)F)NN(C)CC1=O. The van der Waals surface area contributed by atoms with E-state index in [1.165, 1.54) is 12.1 Å². The van der Waals surface area contributed by atoms with Crippen molar-refractivity contribution in [1.29, 1.82) is 0 Å². The van der Waals surface area contributed by atoms with E-state index >= 15 is 0 Å². The van der Waals surface area contributed by atoms with Crippen molar-refractivity contribution in [1.82, 2.24) is 10.4 Å². The van der Waals surface area contributed by atoms with Gasteiger partial charge in [0.05, 0.1) is 6.54 Å². The molecule has 1 aromatic carbocycles. The molecule has 0 bridgehead atoms. The van der Waals surface area contributed by atoms with Crippen LogP contribution < -0.4 is 10.7 Å². The van der Waals surface area contributed by atoms with Crippen LogP contribution in [0.15, 0.2) is 24.3 Å². The molecule has 7 heteroatoms. The summed E-state index contributed by atoms with van der Waals surface area (Å²) in [6.07, 6.45) is -2.25. The highest BCUT2D eigenvalue weighted by Crippen LogP contribution is 2.31. The molecule has 2 N–H and O–H groups in total. The molecule has 1 amide bonds. The number of para-hydroxylation sites is 1. The summed E-state index contributed by atoms with van der Waals surface area (Å²) in [5, 5.41) is 3.76. The van der Waals surface area contributed by atoms with Gasteiger partial charge in [0.25, 0.3) is 12.3 Å². The zero-order valence-electron chi connectivity index (χ0n) is 15.0. The number of hydrogen-bond acceptors (Lipinski definition) is 4. The molecule has 1 fully saturated rings. The van der Waals surface area contributed by atoms with Crippen LogP contribution in [-0.4, -0.2) is 42.3 Å². The molecule has 1 aromatic rings. The summed E-state index contributed by atoms with van der Waals surface area (Å²) in [5.74, 6) is -1.26. The Morgan fingerprint density at radius 3 is 2.48 bits per heavy atom. The lowest BCUT2D eigenvalue weighted by Crippen LogP contribution is -2.62. The van der Waals surface area contributed by atoms with Crippen molar-refractivity contribution in [3.63, 3.8) is 0 Å². The maximum Gasteiger partial charge on any atom is 0.273 e. The van der Waals surface area contributed by atoms with E-state index in [-0.39, 0.29) is 12.5 Å². The maximum absolute atomic E-state index is 13.6. The minimum absolute atomic E-state index is 0.147. The van der Waals surface area contributed by atoms with Crippen molar-refractivity contribution in [3.05, 3.63) is 29.8 Å². The summed E-state index contributed by atoms with van der Waals surface area (Å²) in [7, 11) is 1.45. The van der Waals surface area contributed by atoms with Gasteiger partial charge in [0.15, 0.2) is 5.78 Å². The summed E-state index contributed by atoms with van der Waals surface area (Å²) < 4.78 is 27.3. The van der Waals surface area contributed by atoms with E-state index in [9.17, 15) is 18.4 Å². The van der Waals surface area contributed by atoms with Gasteiger partial charge in [-0.3, -0.25) is 9.59 Å². The molecule has 0 aromatic heterocycles. The number of carbonyl (C=O) groups excluding carboxylic acids is 2. The normalized spacial score (nSPS) is 22.6.